The predicted molar refractivity (Wildman–Crippen MR) is 75.1 cm³/mol. The summed E-state index contributed by atoms with van der Waals surface area (Å²) in [7, 11) is 0. The van der Waals surface area contributed by atoms with E-state index >= 15 is 0 Å². The number of aromatic nitrogens is 1. The molecule has 20 heavy (non-hydrogen) atoms. The highest BCUT2D eigenvalue weighted by Gasteiger charge is 2.27. The maximum absolute atomic E-state index is 12.4. The highest BCUT2D eigenvalue weighted by molar-refractivity contribution is 5.93. The first kappa shape index (κ1) is 12.0. The summed E-state index contributed by atoms with van der Waals surface area (Å²) < 4.78 is 12.2. The molecule has 4 rings (SSSR count). The van der Waals surface area contributed by atoms with E-state index in [-0.39, 0.29) is 12.2 Å². The van der Waals surface area contributed by atoms with E-state index < -0.39 is 0 Å². The predicted octanol–water partition coefficient (Wildman–Crippen LogP) is 2.90. The summed E-state index contributed by atoms with van der Waals surface area (Å²) in [6.45, 7) is 1.07. The zero-order valence-electron chi connectivity index (χ0n) is 11.3. The second-order valence-corrected chi connectivity index (χ2v) is 5.52. The van der Waals surface area contributed by atoms with Crippen molar-refractivity contribution in [2.75, 3.05) is 13.2 Å². The summed E-state index contributed by atoms with van der Waals surface area (Å²) in [5.41, 5.74) is 3.44. The molecule has 1 aromatic heterocycles. The van der Waals surface area contributed by atoms with Crippen molar-refractivity contribution in [3.05, 3.63) is 35.5 Å². The number of para-hydroxylation sites is 1. The molecule has 1 saturated heterocycles. The van der Waals surface area contributed by atoms with Crippen LogP contribution in [0.2, 0.25) is 0 Å². The molecule has 2 aliphatic rings. The molecule has 0 N–H and O–H groups in total. The average Bonchev–Trinajstić information content (AvgIpc) is 3.25. The van der Waals surface area contributed by atoms with E-state index in [1.165, 1.54) is 17.4 Å². The molecule has 104 valence electrons. The van der Waals surface area contributed by atoms with Gasteiger partial charge in [0.1, 0.15) is 12.7 Å². The van der Waals surface area contributed by atoms with Gasteiger partial charge in [0, 0.05) is 11.1 Å². The van der Waals surface area contributed by atoms with Gasteiger partial charge in [-0.05, 0) is 37.3 Å². The molecule has 1 fully saturated rings. The Balaban J connectivity index is 1.78. The second-order valence-electron chi connectivity index (χ2n) is 5.52. The van der Waals surface area contributed by atoms with E-state index in [4.69, 9.17) is 9.47 Å². The summed E-state index contributed by atoms with van der Waals surface area (Å²) in [6, 6.07) is 8.11. The zero-order valence-corrected chi connectivity index (χ0v) is 11.3. The van der Waals surface area contributed by atoms with Gasteiger partial charge >= 0.3 is 6.09 Å². The lowest BCUT2D eigenvalue weighted by atomic mass is 9.96. The van der Waals surface area contributed by atoms with Crippen molar-refractivity contribution in [2.45, 2.75) is 31.8 Å². The first-order valence-corrected chi connectivity index (χ1v) is 7.24. The molecule has 0 spiro atoms. The lowest BCUT2D eigenvalue weighted by molar-refractivity contribution is 0.138. The Hall–Kier alpha value is -1.81. The number of benzene rings is 1. The third kappa shape index (κ3) is 1.91. The minimum absolute atomic E-state index is 0.108. The average molecular weight is 271 g/mol. The fourth-order valence-electron chi connectivity index (χ4n) is 3.10. The molecule has 1 atom stereocenters. The van der Waals surface area contributed by atoms with E-state index in [0.717, 1.165) is 30.5 Å². The van der Waals surface area contributed by atoms with Crippen LogP contribution in [0, 0.1) is 0 Å². The number of aryl methyl sites for hydroxylation is 1. The number of fused-ring (bicyclic) bond motifs is 3. The summed E-state index contributed by atoms with van der Waals surface area (Å²) >= 11 is 0. The van der Waals surface area contributed by atoms with Gasteiger partial charge in [-0.15, -0.1) is 0 Å². The second kappa shape index (κ2) is 4.63. The number of carbonyl (C=O) groups excluding carboxylic acids is 1. The SMILES string of the molecule is O=C(OCC1CO1)n1c2c(c3ccccc31)CCCC2. The van der Waals surface area contributed by atoms with Crippen LogP contribution in [0.15, 0.2) is 24.3 Å². The lowest BCUT2D eigenvalue weighted by Crippen LogP contribution is -2.20. The molecule has 0 bridgehead atoms. The molecule has 4 nitrogen and oxygen atoms in total. The van der Waals surface area contributed by atoms with Gasteiger partial charge in [-0.25, -0.2) is 9.36 Å². The maximum Gasteiger partial charge on any atom is 0.418 e. The zero-order chi connectivity index (χ0) is 13.5. The highest BCUT2D eigenvalue weighted by atomic mass is 16.6. The maximum atomic E-state index is 12.4. The largest absolute Gasteiger partial charge is 0.446 e. The smallest absolute Gasteiger partial charge is 0.418 e. The first-order valence-electron chi connectivity index (χ1n) is 7.24. The Kier molecular flexibility index (Phi) is 2.77. The van der Waals surface area contributed by atoms with E-state index in [9.17, 15) is 4.79 Å². The molecule has 4 heteroatoms. The van der Waals surface area contributed by atoms with Crippen molar-refractivity contribution >= 4 is 17.0 Å². The van der Waals surface area contributed by atoms with Crippen LogP contribution >= 0.6 is 0 Å². The summed E-state index contributed by atoms with van der Waals surface area (Å²) in [6.07, 6.45) is 4.20. The molecule has 0 radical (unpaired) electrons. The van der Waals surface area contributed by atoms with Crippen molar-refractivity contribution in [2.24, 2.45) is 0 Å². The van der Waals surface area contributed by atoms with Crippen LogP contribution in [0.5, 0.6) is 0 Å². The Morgan fingerprint density at radius 2 is 2.10 bits per heavy atom. The van der Waals surface area contributed by atoms with Crippen LogP contribution < -0.4 is 0 Å². The molecule has 1 aromatic carbocycles. The number of nitrogens with zero attached hydrogens (tertiary/aromatic N) is 1. The standard InChI is InChI=1S/C16H17NO3/c18-16(20-10-11-9-19-11)17-14-7-3-1-5-12(14)13-6-2-4-8-15(13)17/h1,3,5,7,11H,2,4,6,8-10H2. The van der Waals surface area contributed by atoms with E-state index in [0.29, 0.717) is 13.2 Å². The molecule has 2 heterocycles. The van der Waals surface area contributed by atoms with Gasteiger partial charge in [-0.3, -0.25) is 0 Å². The van der Waals surface area contributed by atoms with Gasteiger partial charge in [0.25, 0.3) is 0 Å². The number of rotatable bonds is 2. The fourth-order valence-corrected chi connectivity index (χ4v) is 3.10. The van der Waals surface area contributed by atoms with Crippen LogP contribution in [-0.4, -0.2) is 30.0 Å². The molecule has 0 amide bonds. The number of carbonyl (C=O) groups is 1. The van der Waals surface area contributed by atoms with Gasteiger partial charge in [-0.1, -0.05) is 18.2 Å². The normalized spacial score (nSPS) is 20.7. The third-order valence-electron chi connectivity index (χ3n) is 4.16. The van der Waals surface area contributed by atoms with Crippen molar-refractivity contribution in [1.29, 1.82) is 0 Å². The highest BCUT2D eigenvalue weighted by Crippen LogP contribution is 2.32. The minimum Gasteiger partial charge on any atom is -0.446 e. The quantitative estimate of drug-likeness (QED) is 0.789. The molecule has 2 aromatic rings. The van der Waals surface area contributed by atoms with Gasteiger partial charge in [0.2, 0.25) is 0 Å². The van der Waals surface area contributed by atoms with E-state index in [2.05, 4.69) is 6.07 Å². The van der Waals surface area contributed by atoms with Crippen molar-refractivity contribution in [3.8, 4) is 0 Å². The van der Waals surface area contributed by atoms with Crippen molar-refractivity contribution in [1.82, 2.24) is 4.57 Å². The van der Waals surface area contributed by atoms with Crippen molar-refractivity contribution in [3.63, 3.8) is 0 Å². The molecule has 1 aliphatic carbocycles. The third-order valence-corrected chi connectivity index (χ3v) is 4.16. The Labute approximate surface area is 117 Å². The number of hydrogen-bond acceptors (Lipinski definition) is 3. The molecule has 1 aliphatic heterocycles. The molecule has 0 saturated carbocycles. The first-order chi connectivity index (χ1) is 9.84. The van der Waals surface area contributed by atoms with E-state index in [1.54, 1.807) is 4.57 Å². The molecule has 1 unspecified atom stereocenters. The number of epoxide rings is 1. The Morgan fingerprint density at radius 1 is 1.30 bits per heavy atom. The van der Waals surface area contributed by atoms with Crippen LogP contribution in [0.1, 0.15) is 24.1 Å². The topological polar surface area (TPSA) is 43.8 Å². The van der Waals surface area contributed by atoms with Crippen LogP contribution in [0.3, 0.4) is 0 Å². The van der Waals surface area contributed by atoms with Crippen LogP contribution in [-0.2, 0) is 22.3 Å². The summed E-state index contributed by atoms with van der Waals surface area (Å²) in [5.74, 6) is 0. The van der Waals surface area contributed by atoms with Crippen LogP contribution in [0.4, 0.5) is 4.79 Å². The number of hydrogen-bond donors (Lipinski definition) is 0. The fraction of sp³-hybridized carbons (Fsp3) is 0.438. The summed E-state index contributed by atoms with van der Waals surface area (Å²) in [5, 5.41) is 1.20. The van der Waals surface area contributed by atoms with Gasteiger partial charge in [-0.2, -0.15) is 0 Å². The minimum atomic E-state index is -0.264. The van der Waals surface area contributed by atoms with Gasteiger partial charge < -0.3 is 9.47 Å². The lowest BCUT2D eigenvalue weighted by Gasteiger charge is -2.14. The molecular weight excluding hydrogens is 254 g/mol. The van der Waals surface area contributed by atoms with Crippen LogP contribution in [0.25, 0.3) is 10.9 Å². The molecular formula is C16H17NO3. The Morgan fingerprint density at radius 3 is 2.95 bits per heavy atom. The van der Waals surface area contributed by atoms with E-state index in [1.807, 2.05) is 18.2 Å². The van der Waals surface area contributed by atoms with Crippen molar-refractivity contribution < 1.29 is 14.3 Å². The Bertz CT molecular complexity index is 670. The van der Waals surface area contributed by atoms with Gasteiger partial charge in [0.05, 0.1) is 12.1 Å². The van der Waals surface area contributed by atoms with Gasteiger partial charge in [0.15, 0.2) is 0 Å². The monoisotopic (exact) mass is 271 g/mol. The number of ether oxygens (including phenoxy) is 2. The summed E-state index contributed by atoms with van der Waals surface area (Å²) in [4.78, 5) is 12.4.